The minimum atomic E-state index is -0.125. The summed E-state index contributed by atoms with van der Waals surface area (Å²) in [5.74, 6) is 0. The van der Waals surface area contributed by atoms with Crippen molar-refractivity contribution >= 4 is 122 Å². The largest absolute Gasteiger partial charge is 0.456 e. The molecule has 0 fully saturated rings. The molecule has 0 atom stereocenters. The molecule has 4 heterocycles. The van der Waals surface area contributed by atoms with Crippen LogP contribution >= 0.6 is 0 Å². The van der Waals surface area contributed by atoms with E-state index in [9.17, 15) is 0 Å². The van der Waals surface area contributed by atoms with Crippen LogP contribution in [0.25, 0.3) is 177 Å². The highest BCUT2D eigenvalue weighted by atomic mass is 16.3. The fraction of sp³-hybridized carbons (Fsp3) is 0.0500. The first-order valence-corrected chi connectivity index (χ1v) is 43.6. The van der Waals surface area contributed by atoms with Gasteiger partial charge < -0.3 is 27.8 Å². The molecule has 0 unspecified atom stereocenters. The predicted octanol–water partition coefficient (Wildman–Crippen LogP) is 33.3. The molecular formula is C120H84N4O2. The second-order valence-corrected chi connectivity index (χ2v) is 34.7. The number of hydrogen-bond donors (Lipinski definition) is 0. The van der Waals surface area contributed by atoms with Crippen LogP contribution in [0.3, 0.4) is 0 Å². The lowest BCUT2D eigenvalue weighted by atomic mass is 9.82. The first-order valence-electron chi connectivity index (χ1n) is 43.6. The Labute approximate surface area is 731 Å². The fourth-order valence-corrected chi connectivity index (χ4v) is 20.5. The minimum absolute atomic E-state index is 0.116. The molecule has 2 aliphatic carbocycles. The van der Waals surface area contributed by atoms with E-state index in [-0.39, 0.29) is 10.8 Å². The average molecular weight is 1610 g/mol. The zero-order chi connectivity index (χ0) is 83.9. The van der Waals surface area contributed by atoms with E-state index in [1.54, 1.807) is 0 Å². The SMILES string of the molecule is CC1(C)c2ccccc2-c2ccc(N(c3ccc(-c4ccc5c(c4)c4ccccc4n5-c4ccc(-c5ccccc5)cc4)cc3)c3ccc(-c4cccc5c4oc4ccccc45)cc3)cc21.CC1(C)c2ccccc2-c2ccc(N(c3ccc(-c4ccc5c(c4)c4ccccc4n5-c4ccc(-c5ccccc5)cc4)cc3)c3ccc4oc5ccccc5c4c3)cc21. The molecule has 19 aromatic carbocycles. The maximum Gasteiger partial charge on any atom is 0.143 e. The monoisotopic (exact) mass is 1610 g/mol. The lowest BCUT2D eigenvalue weighted by Crippen LogP contribution is -2.16. The standard InChI is InChI=1S/C63H44N2O.C57H40N2O/c1-63(2)57-20-9-6-15-51(57)52-37-36-49(40-58(52)63)64(47-34-27-44(28-35-47)50-18-12-19-55-54-17-8-11-22-61(54)66-62(50)55)46-30-25-43(26-31-46)45-29-38-60-56(39-45)53-16-7-10-21-59(53)65(60)48-32-23-42(24-33-48)41-13-4-3-5-14-41;1-57(2)51-17-9-6-14-45(51)46-31-29-44(36-52(46)57)58(43-30-33-56-50(35-43)48-16-8-11-19-55(48)60-56)41-25-22-39(23-26-41)40-24-32-54-49(34-40)47-15-7-10-18-53(47)59(54)42-27-20-38(21-28-42)37-12-4-3-5-13-37/h3-40H,1-2H3;3-36H,1-2H3. The molecule has 25 rings (SSSR count). The Hall–Kier alpha value is -16.0. The van der Waals surface area contributed by atoms with Crippen molar-refractivity contribution in [3.63, 3.8) is 0 Å². The number of hydrogen-bond acceptors (Lipinski definition) is 4. The Balaban J connectivity index is 0.000000142. The Kier molecular flexibility index (Phi) is 17.2. The fourth-order valence-electron chi connectivity index (χ4n) is 20.5. The molecule has 0 aliphatic heterocycles. The third-order valence-electron chi connectivity index (χ3n) is 26.8. The first kappa shape index (κ1) is 73.9. The highest BCUT2D eigenvalue weighted by molar-refractivity contribution is 6.14. The molecule has 4 aromatic heterocycles. The van der Waals surface area contributed by atoms with E-state index < -0.39 is 0 Å². The van der Waals surface area contributed by atoms with E-state index >= 15 is 0 Å². The molecule has 0 saturated heterocycles. The summed E-state index contributed by atoms with van der Waals surface area (Å²) in [4.78, 5) is 4.79. The smallest absolute Gasteiger partial charge is 0.143 e. The van der Waals surface area contributed by atoms with Gasteiger partial charge in [0.05, 0.1) is 22.1 Å². The summed E-state index contributed by atoms with van der Waals surface area (Å²) >= 11 is 0. The number of benzene rings is 19. The lowest BCUT2D eigenvalue weighted by molar-refractivity contribution is 0.660. The maximum atomic E-state index is 6.46. The molecule has 0 bridgehead atoms. The number of para-hydroxylation sites is 5. The highest BCUT2D eigenvalue weighted by Gasteiger charge is 2.38. The van der Waals surface area contributed by atoms with Gasteiger partial charge in [-0.25, -0.2) is 0 Å². The lowest BCUT2D eigenvalue weighted by Gasteiger charge is -2.28. The zero-order valence-electron chi connectivity index (χ0n) is 70.2. The quantitative estimate of drug-likeness (QED) is 0.115. The summed E-state index contributed by atoms with van der Waals surface area (Å²) < 4.78 is 17.5. The molecule has 126 heavy (non-hydrogen) atoms. The Bertz CT molecular complexity index is 8230. The van der Waals surface area contributed by atoms with Gasteiger partial charge >= 0.3 is 0 Å². The zero-order valence-corrected chi connectivity index (χ0v) is 70.2. The molecule has 0 N–H and O–H groups in total. The van der Waals surface area contributed by atoms with Gasteiger partial charge in [-0.1, -0.05) is 313 Å². The van der Waals surface area contributed by atoms with Crippen LogP contribution in [-0.2, 0) is 10.8 Å². The summed E-state index contributed by atoms with van der Waals surface area (Å²) in [5.41, 5.74) is 39.6. The third kappa shape index (κ3) is 12.1. The van der Waals surface area contributed by atoms with Gasteiger partial charge in [0.1, 0.15) is 22.3 Å². The van der Waals surface area contributed by atoms with Crippen molar-refractivity contribution in [3.05, 3.63) is 459 Å². The van der Waals surface area contributed by atoms with E-state index in [0.717, 1.165) is 101 Å². The second-order valence-electron chi connectivity index (χ2n) is 34.7. The molecule has 0 spiro atoms. The number of aromatic nitrogens is 2. The van der Waals surface area contributed by atoms with Crippen LogP contribution in [0.1, 0.15) is 49.9 Å². The van der Waals surface area contributed by atoms with Gasteiger partial charge in [0.2, 0.25) is 0 Å². The van der Waals surface area contributed by atoms with Gasteiger partial charge in [-0.2, -0.15) is 0 Å². The summed E-state index contributed by atoms with van der Waals surface area (Å²) in [6, 6.07) is 159. The van der Waals surface area contributed by atoms with Crippen LogP contribution in [0.5, 0.6) is 0 Å². The Morgan fingerprint density at radius 2 is 0.516 bits per heavy atom. The molecule has 6 heteroatoms. The van der Waals surface area contributed by atoms with Crippen molar-refractivity contribution in [1.29, 1.82) is 0 Å². The van der Waals surface area contributed by atoms with E-state index in [1.165, 1.54) is 133 Å². The van der Waals surface area contributed by atoms with Gasteiger partial charge in [0, 0.05) is 105 Å². The predicted molar refractivity (Wildman–Crippen MR) is 528 cm³/mol. The van der Waals surface area contributed by atoms with Crippen LogP contribution < -0.4 is 9.80 Å². The number of fused-ring (bicyclic) bond motifs is 18. The first-order chi connectivity index (χ1) is 62.0. The van der Waals surface area contributed by atoms with Gasteiger partial charge in [-0.05, 0) is 246 Å². The molecule has 0 radical (unpaired) electrons. The number of anilines is 6. The van der Waals surface area contributed by atoms with Crippen molar-refractivity contribution in [2.45, 2.75) is 38.5 Å². The van der Waals surface area contributed by atoms with Gasteiger partial charge in [0.15, 0.2) is 0 Å². The molecule has 23 aromatic rings. The maximum absolute atomic E-state index is 6.46. The normalized spacial score (nSPS) is 12.9. The summed E-state index contributed by atoms with van der Waals surface area (Å²) in [7, 11) is 0. The van der Waals surface area contributed by atoms with E-state index in [1.807, 2.05) is 24.3 Å². The second kappa shape index (κ2) is 29.4. The van der Waals surface area contributed by atoms with Crippen LogP contribution in [0.4, 0.5) is 34.1 Å². The van der Waals surface area contributed by atoms with Crippen LogP contribution in [0.2, 0.25) is 0 Å². The van der Waals surface area contributed by atoms with Crippen LogP contribution in [0, 0.1) is 0 Å². The Morgan fingerprint density at radius 1 is 0.190 bits per heavy atom. The molecule has 596 valence electrons. The summed E-state index contributed by atoms with van der Waals surface area (Å²) in [5, 5.41) is 9.46. The van der Waals surface area contributed by atoms with Gasteiger partial charge in [0.25, 0.3) is 0 Å². The summed E-state index contributed by atoms with van der Waals surface area (Å²) in [6.07, 6.45) is 0. The van der Waals surface area contributed by atoms with Crippen LogP contribution in [-0.4, -0.2) is 9.13 Å². The molecule has 0 amide bonds. The third-order valence-corrected chi connectivity index (χ3v) is 26.8. The molecule has 0 saturated carbocycles. The van der Waals surface area contributed by atoms with Crippen molar-refractivity contribution in [2.24, 2.45) is 0 Å². The number of rotatable bonds is 13. The molecular weight excluding hydrogens is 1530 g/mol. The van der Waals surface area contributed by atoms with Crippen molar-refractivity contribution in [3.8, 4) is 89.3 Å². The summed E-state index contributed by atoms with van der Waals surface area (Å²) in [6.45, 7) is 9.40. The number of furan rings is 2. The van der Waals surface area contributed by atoms with Gasteiger partial charge in [-0.3, -0.25) is 0 Å². The molecule has 6 nitrogen and oxygen atoms in total. The number of nitrogens with zero attached hydrogens (tertiary/aromatic N) is 4. The van der Waals surface area contributed by atoms with Crippen molar-refractivity contribution in [1.82, 2.24) is 9.13 Å². The minimum Gasteiger partial charge on any atom is -0.456 e. The van der Waals surface area contributed by atoms with E-state index in [2.05, 4.69) is 459 Å². The van der Waals surface area contributed by atoms with Crippen molar-refractivity contribution in [2.75, 3.05) is 9.80 Å². The topological polar surface area (TPSA) is 42.6 Å². The van der Waals surface area contributed by atoms with Crippen molar-refractivity contribution < 1.29 is 8.83 Å². The van der Waals surface area contributed by atoms with E-state index in [4.69, 9.17) is 8.83 Å². The highest BCUT2D eigenvalue weighted by Crippen LogP contribution is 2.54. The molecule has 2 aliphatic rings. The van der Waals surface area contributed by atoms with Gasteiger partial charge in [-0.15, -0.1) is 0 Å². The Morgan fingerprint density at radius 3 is 1.02 bits per heavy atom. The van der Waals surface area contributed by atoms with E-state index in [0.29, 0.717) is 0 Å². The average Bonchev–Trinajstić information content (AvgIpc) is 1.58. The van der Waals surface area contributed by atoms with Crippen LogP contribution in [0.15, 0.2) is 446 Å².